The van der Waals surface area contributed by atoms with Crippen molar-refractivity contribution >= 4 is 17.9 Å². The highest BCUT2D eigenvalue weighted by Crippen LogP contribution is 2.13. The minimum atomic E-state index is -1.26. The summed E-state index contributed by atoms with van der Waals surface area (Å²) in [5.41, 5.74) is 0. The predicted molar refractivity (Wildman–Crippen MR) is 125 cm³/mol. The molecule has 0 saturated heterocycles. The monoisotopic (exact) mass is 440 g/mol. The number of unbranched alkanes of at least 4 members (excludes halogenated alkanes) is 15. The molecule has 0 atom stereocenters. The molecule has 0 saturated carbocycles. The van der Waals surface area contributed by atoms with Crippen LogP contribution in [0.3, 0.4) is 0 Å². The molecule has 0 radical (unpaired) electrons. The van der Waals surface area contributed by atoms with Crippen LogP contribution in [0.1, 0.15) is 110 Å². The van der Waals surface area contributed by atoms with Crippen LogP contribution in [0.4, 0.5) is 0 Å². The van der Waals surface area contributed by atoms with E-state index in [1.165, 1.54) is 102 Å². The maximum Gasteiger partial charge on any atom is 0.330 e. The highest BCUT2D eigenvalue weighted by atomic mass is 16.5. The van der Waals surface area contributed by atoms with Crippen molar-refractivity contribution in [3.8, 4) is 0 Å². The molecule has 2 N–H and O–H groups in total. The van der Waals surface area contributed by atoms with Gasteiger partial charge in [0, 0.05) is 18.2 Å². The van der Waals surface area contributed by atoms with Crippen molar-refractivity contribution in [2.24, 2.45) is 0 Å². The van der Waals surface area contributed by atoms with E-state index in [9.17, 15) is 14.4 Å². The van der Waals surface area contributed by atoms with Crippen LogP contribution in [0.2, 0.25) is 0 Å². The lowest BCUT2D eigenvalue weighted by Crippen LogP contribution is -2.01. The van der Waals surface area contributed by atoms with Gasteiger partial charge in [-0.25, -0.2) is 14.4 Å². The molecule has 0 aromatic carbocycles. The molecule has 0 aromatic heterocycles. The van der Waals surface area contributed by atoms with Gasteiger partial charge < -0.3 is 14.9 Å². The van der Waals surface area contributed by atoms with Gasteiger partial charge in [-0.2, -0.15) is 0 Å². The van der Waals surface area contributed by atoms with Crippen LogP contribution < -0.4 is 0 Å². The van der Waals surface area contributed by atoms with Crippen molar-refractivity contribution in [2.75, 3.05) is 6.61 Å². The van der Waals surface area contributed by atoms with Crippen molar-refractivity contribution in [3.63, 3.8) is 0 Å². The first-order chi connectivity index (χ1) is 14.9. The first-order valence-electron chi connectivity index (χ1n) is 11.9. The second kappa shape index (κ2) is 25.9. The lowest BCUT2D eigenvalue weighted by Gasteiger charge is -2.04. The summed E-state index contributed by atoms with van der Waals surface area (Å²) in [6, 6.07) is 0. The molecule has 0 amide bonds. The Balaban J connectivity index is 0. The maximum absolute atomic E-state index is 10.8. The number of carboxylic acid groups (broad SMARTS) is 2. The third-order valence-electron chi connectivity index (χ3n) is 4.78. The van der Waals surface area contributed by atoms with Gasteiger partial charge in [-0.05, 0) is 6.42 Å². The van der Waals surface area contributed by atoms with E-state index >= 15 is 0 Å². The molecule has 0 heterocycles. The van der Waals surface area contributed by atoms with Crippen molar-refractivity contribution in [1.82, 2.24) is 0 Å². The number of ether oxygens (including phenoxy) is 1. The van der Waals surface area contributed by atoms with Gasteiger partial charge in [-0.3, -0.25) is 0 Å². The van der Waals surface area contributed by atoms with Crippen LogP contribution in [-0.2, 0) is 19.1 Å². The maximum atomic E-state index is 10.8. The molecule has 6 heteroatoms. The zero-order valence-electron chi connectivity index (χ0n) is 19.5. The topological polar surface area (TPSA) is 101 Å². The van der Waals surface area contributed by atoms with E-state index in [0.717, 1.165) is 6.42 Å². The van der Waals surface area contributed by atoms with Crippen LogP contribution in [0.25, 0.3) is 0 Å². The Bertz CT molecular complexity index is 468. The summed E-state index contributed by atoms with van der Waals surface area (Å²) in [5, 5.41) is 15.6. The van der Waals surface area contributed by atoms with Crippen LogP contribution in [0.15, 0.2) is 24.8 Å². The molecule has 180 valence electrons. The molecule has 31 heavy (non-hydrogen) atoms. The second-order valence-electron chi connectivity index (χ2n) is 7.68. The van der Waals surface area contributed by atoms with E-state index in [2.05, 4.69) is 13.5 Å². The average Bonchev–Trinajstić information content (AvgIpc) is 2.74. The van der Waals surface area contributed by atoms with Crippen LogP contribution in [0, 0.1) is 0 Å². The van der Waals surface area contributed by atoms with E-state index in [1.54, 1.807) is 0 Å². The molecule has 6 nitrogen and oxygen atoms in total. The number of carbonyl (C=O) groups excluding carboxylic acids is 1. The minimum Gasteiger partial charge on any atom is -0.478 e. The zero-order valence-corrected chi connectivity index (χ0v) is 19.5. The quantitative estimate of drug-likeness (QED) is 0.124. The smallest absolute Gasteiger partial charge is 0.330 e. The highest BCUT2D eigenvalue weighted by Gasteiger charge is 1.96. The summed E-state index contributed by atoms with van der Waals surface area (Å²) < 4.78 is 4.95. The van der Waals surface area contributed by atoms with E-state index in [4.69, 9.17) is 14.9 Å². The van der Waals surface area contributed by atoms with Crippen molar-refractivity contribution in [3.05, 3.63) is 24.8 Å². The molecule has 0 unspecified atom stereocenters. The first kappa shape index (κ1) is 31.1. The van der Waals surface area contributed by atoms with E-state index in [-0.39, 0.29) is 5.97 Å². The first-order valence-corrected chi connectivity index (χ1v) is 11.9. The molecule has 0 rings (SSSR count). The molecular weight excluding hydrogens is 396 g/mol. The Morgan fingerprint density at radius 3 is 1.26 bits per heavy atom. The lowest BCUT2D eigenvalue weighted by molar-refractivity contribution is -0.138. The Hall–Kier alpha value is -2.11. The summed E-state index contributed by atoms with van der Waals surface area (Å²) in [7, 11) is 0. The van der Waals surface area contributed by atoms with Gasteiger partial charge in [0.15, 0.2) is 0 Å². The molecule has 0 fully saturated rings. The number of rotatable bonds is 20. The summed E-state index contributed by atoms with van der Waals surface area (Å²) >= 11 is 0. The normalized spacial score (nSPS) is 10.4. The Kier molecular flexibility index (Phi) is 26.0. The standard InChI is InChI=1S/C21H40O2.C4H4O4/c1-3-5-6-7-8-9-10-11-12-13-14-15-16-17-18-19-20-23-21(22)4-2;5-3(6)1-2-4(7)8/h4H,2-3,5-20H2,1H3;1-2H,(H,5,6)(H,7,8)/b;2-1-. The summed E-state index contributed by atoms with van der Waals surface area (Å²) in [5.74, 6) is -2.81. The number of aliphatic carboxylic acids is 2. The Morgan fingerprint density at radius 2 is 0.968 bits per heavy atom. The van der Waals surface area contributed by atoms with Crippen LogP contribution in [0.5, 0.6) is 0 Å². The van der Waals surface area contributed by atoms with Crippen molar-refractivity contribution in [2.45, 2.75) is 110 Å². The number of hydrogen-bond donors (Lipinski definition) is 2. The van der Waals surface area contributed by atoms with E-state index in [1.807, 2.05) is 0 Å². The lowest BCUT2D eigenvalue weighted by atomic mass is 10.0. The second-order valence-corrected chi connectivity index (χ2v) is 7.68. The summed E-state index contributed by atoms with van der Waals surface area (Å²) in [6.45, 7) is 6.20. The fraction of sp³-hybridized carbons (Fsp3) is 0.720. The zero-order chi connectivity index (χ0) is 23.6. The van der Waals surface area contributed by atoms with Crippen LogP contribution in [-0.4, -0.2) is 34.7 Å². The van der Waals surface area contributed by atoms with Gasteiger partial charge in [0.05, 0.1) is 6.61 Å². The third kappa shape index (κ3) is 32.8. The van der Waals surface area contributed by atoms with Gasteiger partial charge in [0.25, 0.3) is 0 Å². The minimum absolute atomic E-state index is 0.300. The molecular formula is C25H44O6. The molecule has 0 spiro atoms. The molecule has 0 aromatic rings. The Morgan fingerprint density at radius 1 is 0.645 bits per heavy atom. The SMILES string of the molecule is C=CC(=O)OCCCCCCCCCCCCCCCCCC.O=C(O)/C=C\C(=O)O. The fourth-order valence-corrected chi connectivity index (χ4v) is 3.02. The van der Waals surface area contributed by atoms with Gasteiger partial charge in [-0.1, -0.05) is 110 Å². The predicted octanol–water partition coefficient (Wildman–Crippen LogP) is 6.69. The number of carbonyl (C=O) groups is 3. The number of esters is 1. The molecule has 0 aliphatic carbocycles. The van der Waals surface area contributed by atoms with Gasteiger partial charge >= 0.3 is 17.9 Å². The van der Waals surface area contributed by atoms with Crippen molar-refractivity contribution in [1.29, 1.82) is 0 Å². The largest absolute Gasteiger partial charge is 0.478 e. The Labute approximate surface area is 188 Å². The average molecular weight is 441 g/mol. The van der Waals surface area contributed by atoms with Crippen LogP contribution >= 0.6 is 0 Å². The summed E-state index contributed by atoms with van der Waals surface area (Å²) in [6.07, 6.45) is 24.1. The molecule has 0 bridgehead atoms. The van der Waals surface area contributed by atoms with E-state index < -0.39 is 11.9 Å². The van der Waals surface area contributed by atoms with Gasteiger partial charge in [-0.15, -0.1) is 0 Å². The third-order valence-corrected chi connectivity index (χ3v) is 4.78. The number of carboxylic acids is 2. The number of hydrogen-bond acceptors (Lipinski definition) is 4. The fourth-order valence-electron chi connectivity index (χ4n) is 3.02. The molecule has 0 aliphatic rings. The van der Waals surface area contributed by atoms with Gasteiger partial charge in [0.1, 0.15) is 0 Å². The van der Waals surface area contributed by atoms with Crippen molar-refractivity contribution < 1.29 is 29.3 Å². The highest BCUT2D eigenvalue weighted by molar-refractivity contribution is 5.89. The van der Waals surface area contributed by atoms with Gasteiger partial charge in [0.2, 0.25) is 0 Å². The van der Waals surface area contributed by atoms with E-state index in [0.29, 0.717) is 18.8 Å². The molecule has 0 aliphatic heterocycles. The summed E-state index contributed by atoms with van der Waals surface area (Å²) in [4.78, 5) is 29.9.